The van der Waals surface area contributed by atoms with Gasteiger partial charge in [-0.3, -0.25) is 9.36 Å². The summed E-state index contributed by atoms with van der Waals surface area (Å²) in [6.07, 6.45) is 0.961. The average Bonchev–Trinajstić information content (AvgIpc) is 3.31. The molecule has 0 saturated heterocycles. The van der Waals surface area contributed by atoms with Crippen molar-refractivity contribution in [3.8, 4) is 17.1 Å². The van der Waals surface area contributed by atoms with Crippen molar-refractivity contribution in [2.24, 2.45) is 0 Å². The van der Waals surface area contributed by atoms with E-state index in [-0.39, 0.29) is 17.7 Å². The normalized spacial score (nSPS) is 11.1. The lowest BCUT2D eigenvalue weighted by Gasteiger charge is -2.14. The predicted octanol–water partition coefficient (Wildman–Crippen LogP) is 5.59. The van der Waals surface area contributed by atoms with Gasteiger partial charge < -0.3 is 10.1 Å². The number of carbonyl (C=O) groups is 1. The highest BCUT2D eigenvalue weighted by molar-refractivity contribution is 7.99. The molecule has 0 saturated carbocycles. The summed E-state index contributed by atoms with van der Waals surface area (Å²) in [7, 11) is 0. The zero-order valence-corrected chi connectivity index (χ0v) is 19.7. The fourth-order valence-electron chi connectivity index (χ4n) is 3.26. The first kappa shape index (κ1) is 22.4. The molecule has 30 heavy (non-hydrogen) atoms. The molecule has 8 heteroatoms. The number of nitrogens with zero attached hydrogens (tertiary/aromatic N) is 3. The van der Waals surface area contributed by atoms with Crippen molar-refractivity contribution in [2.45, 2.75) is 52.2 Å². The van der Waals surface area contributed by atoms with Crippen molar-refractivity contribution in [1.82, 2.24) is 14.8 Å². The molecule has 160 valence electrons. The molecular formula is C22H28N4O2S2. The van der Waals surface area contributed by atoms with Gasteiger partial charge in [0.05, 0.1) is 12.4 Å². The Labute approximate surface area is 186 Å². The maximum absolute atomic E-state index is 12.4. The van der Waals surface area contributed by atoms with Crippen LogP contribution in [-0.4, -0.2) is 33.0 Å². The third kappa shape index (κ3) is 5.05. The van der Waals surface area contributed by atoms with E-state index in [4.69, 9.17) is 4.74 Å². The van der Waals surface area contributed by atoms with Crippen molar-refractivity contribution in [1.29, 1.82) is 0 Å². The smallest absolute Gasteiger partial charge is 0.234 e. The maximum Gasteiger partial charge on any atom is 0.234 e. The monoisotopic (exact) mass is 444 g/mol. The summed E-state index contributed by atoms with van der Waals surface area (Å²) in [5.74, 6) is 1.85. The van der Waals surface area contributed by atoms with Gasteiger partial charge in [0, 0.05) is 27.5 Å². The average molecular weight is 445 g/mol. The van der Waals surface area contributed by atoms with Crippen molar-refractivity contribution in [3.05, 3.63) is 40.1 Å². The standard InChI is InChI=1S/C22H28N4O2S2/c1-6-18-15(5)29-12-19(18)21-24-25-22(26(21)14(3)4)30-13-20(27)23-16-8-10-17(11-9-16)28-7-2/h8-12,14H,6-7,13H2,1-5H3,(H,23,27). The van der Waals surface area contributed by atoms with Crippen LogP contribution in [0, 0.1) is 6.92 Å². The van der Waals surface area contributed by atoms with E-state index in [1.807, 2.05) is 31.2 Å². The summed E-state index contributed by atoms with van der Waals surface area (Å²) in [6.45, 7) is 11.1. The van der Waals surface area contributed by atoms with E-state index in [0.717, 1.165) is 34.4 Å². The van der Waals surface area contributed by atoms with Gasteiger partial charge in [-0.25, -0.2) is 0 Å². The van der Waals surface area contributed by atoms with Gasteiger partial charge in [-0.05, 0) is 63.9 Å². The molecule has 1 amide bonds. The molecule has 1 aromatic carbocycles. The second kappa shape index (κ2) is 10.1. The Morgan fingerprint density at radius 3 is 2.60 bits per heavy atom. The summed E-state index contributed by atoms with van der Waals surface area (Å²) in [6, 6.07) is 7.57. The molecule has 2 aromatic heterocycles. The molecule has 0 aliphatic carbocycles. The van der Waals surface area contributed by atoms with Crippen LogP contribution in [0.25, 0.3) is 11.4 Å². The highest BCUT2D eigenvalue weighted by Crippen LogP contribution is 2.34. The Morgan fingerprint density at radius 2 is 1.97 bits per heavy atom. The van der Waals surface area contributed by atoms with Crippen LogP contribution < -0.4 is 10.1 Å². The Bertz CT molecular complexity index is 993. The first-order chi connectivity index (χ1) is 14.4. The Kier molecular flexibility index (Phi) is 7.55. The van der Waals surface area contributed by atoms with Crippen LogP contribution in [0.4, 0.5) is 5.69 Å². The van der Waals surface area contributed by atoms with Gasteiger partial charge in [-0.2, -0.15) is 0 Å². The molecule has 3 rings (SSSR count). The number of anilines is 1. The topological polar surface area (TPSA) is 69.0 Å². The fraction of sp³-hybridized carbons (Fsp3) is 0.409. The number of ether oxygens (including phenoxy) is 1. The van der Waals surface area contributed by atoms with Crippen LogP contribution in [0.3, 0.4) is 0 Å². The molecular weight excluding hydrogens is 416 g/mol. The van der Waals surface area contributed by atoms with Gasteiger partial charge in [0.25, 0.3) is 0 Å². The van der Waals surface area contributed by atoms with E-state index in [0.29, 0.717) is 6.61 Å². The molecule has 0 aliphatic rings. The summed E-state index contributed by atoms with van der Waals surface area (Å²) in [5, 5.41) is 14.7. The molecule has 6 nitrogen and oxygen atoms in total. The number of amides is 1. The van der Waals surface area contributed by atoms with Gasteiger partial charge in [0.15, 0.2) is 11.0 Å². The van der Waals surface area contributed by atoms with Crippen LogP contribution in [-0.2, 0) is 11.2 Å². The maximum atomic E-state index is 12.4. The number of carbonyl (C=O) groups excluding carboxylic acids is 1. The highest BCUT2D eigenvalue weighted by Gasteiger charge is 2.21. The van der Waals surface area contributed by atoms with Crippen LogP contribution >= 0.6 is 23.1 Å². The number of rotatable bonds is 9. The number of hydrogen-bond donors (Lipinski definition) is 1. The summed E-state index contributed by atoms with van der Waals surface area (Å²) < 4.78 is 7.55. The Balaban J connectivity index is 1.70. The SMILES string of the molecule is CCOc1ccc(NC(=O)CSc2nnc(-c3csc(C)c3CC)n2C(C)C)cc1. The minimum atomic E-state index is -0.0790. The molecule has 0 spiro atoms. The van der Waals surface area contributed by atoms with Gasteiger partial charge in [0.2, 0.25) is 5.91 Å². The first-order valence-electron chi connectivity index (χ1n) is 10.1. The summed E-state index contributed by atoms with van der Waals surface area (Å²) in [4.78, 5) is 13.8. The third-order valence-electron chi connectivity index (χ3n) is 4.66. The molecule has 0 fully saturated rings. The second-order valence-corrected chi connectivity index (χ2v) is 9.13. The van der Waals surface area contributed by atoms with Crippen LogP contribution in [0.1, 0.15) is 44.2 Å². The lowest BCUT2D eigenvalue weighted by atomic mass is 10.1. The number of thiophene rings is 1. The van der Waals surface area contributed by atoms with Crippen molar-refractivity contribution in [2.75, 3.05) is 17.7 Å². The quantitative estimate of drug-likeness (QED) is 0.436. The van der Waals surface area contributed by atoms with E-state index >= 15 is 0 Å². The van der Waals surface area contributed by atoms with E-state index in [2.05, 4.69) is 53.2 Å². The lowest BCUT2D eigenvalue weighted by Crippen LogP contribution is -2.15. The largest absolute Gasteiger partial charge is 0.494 e. The number of hydrogen-bond acceptors (Lipinski definition) is 6. The Hall–Kier alpha value is -2.32. The summed E-state index contributed by atoms with van der Waals surface area (Å²) in [5.41, 5.74) is 3.21. The molecule has 3 aromatic rings. The number of aromatic nitrogens is 3. The number of nitrogens with one attached hydrogen (secondary N) is 1. The first-order valence-corrected chi connectivity index (χ1v) is 12.0. The minimum Gasteiger partial charge on any atom is -0.494 e. The van der Waals surface area contributed by atoms with Crippen LogP contribution in [0.2, 0.25) is 0 Å². The van der Waals surface area contributed by atoms with E-state index in [1.165, 1.54) is 22.2 Å². The van der Waals surface area contributed by atoms with Crippen LogP contribution in [0.5, 0.6) is 5.75 Å². The molecule has 0 radical (unpaired) electrons. The lowest BCUT2D eigenvalue weighted by molar-refractivity contribution is -0.113. The molecule has 2 heterocycles. The minimum absolute atomic E-state index is 0.0790. The van der Waals surface area contributed by atoms with E-state index < -0.39 is 0 Å². The number of thioether (sulfide) groups is 1. The number of benzene rings is 1. The van der Waals surface area contributed by atoms with Gasteiger partial charge >= 0.3 is 0 Å². The van der Waals surface area contributed by atoms with Gasteiger partial charge in [-0.15, -0.1) is 21.5 Å². The Morgan fingerprint density at radius 1 is 1.23 bits per heavy atom. The van der Waals surface area contributed by atoms with E-state index in [9.17, 15) is 4.79 Å². The summed E-state index contributed by atoms with van der Waals surface area (Å²) >= 11 is 3.15. The van der Waals surface area contributed by atoms with Crippen molar-refractivity contribution >= 4 is 34.7 Å². The zero-order chi connectivity index (χ0) is 21.7. The molecule has 1 N–H and O–H groups in total. The molecule has 0 bridgehead atoms. The fourth-order valence-corrected chi connectivity index (χ4v) is 5.07. The van der Waals surface area contributed by atoms with Crippen molar-refractivity contribution in [3.63, 3.8) is 0 Å². The zero-order valence-electron chi connectivity index (χ0n) is 18.1. The van der Waals surface area contributed by atoms with Gasteiger partial charge in [0.1, 0.15) is 5.75 Å². The molecule has 0 aliphatic heterocycles. The number of aryl methyl sites for hydroxylation is 1. The third-order valence-corrected chi connectivity index (χ3v) is 6.56. The van der Waals surface area contributed by atoms with E-state index in [1.54, 1.807) is 11.3 Å². The highest BCUT2D eigenvalue weighted by atomic mass is 32.2. The predicted molar refractivity (Wildman–Crippen MR) is 125 cm³/mol. The van der Waals surface area contributed by atoms with Gasteiger partial charge in [-0.1, -0.05) is 18.7 Å². The van der Waals surface area contributed by atoms with Crippen LogP contribution in [0.15, 0.2) is 34.8 Å². The van der Waals surface area contributed by atoms with Crippen molar-refractivity contribution < 1.29 is 9.53 Å². The molecule has 0 atom stereocenters. The molecule has 0 unspecified atom stereocenters. The second-order valence-electron chi connectivity index (χ2n) is 7.10.